The highest BCUT2D eigenvalue weighted by molar-refractivity contribution is 6.09. The normalized spacial score (nSPS) is 17.0. The highest BCUT2D eigenvalue weighted by Gasteiger charge is 2.30. The van der Waals surface area contributed by atoms with Crippen molar-refractivity contribution in [3.05, 3.63) is 82.8 Å². The van der Waals surface area contributed by atoms with Gasteiger partial charge in [0.25, 0.3) is 0 Å². The van der Waals surface area contributed by atoms with Crippen molar-refractivity contribution in [3.8, 4) is 22.8 Å². The number of aromatic nitrogens is 4. The van der Waals surface area contributed by atoms with Crippen LogP contribution in [0.2, 0.25) is 0 Å². The van der Waals surface area contributed by atoms with Gasteiger partial charge in [0.1, 0.15) is 18.2 Å². The minimum absolute atomic E-state index is 0.147. The van der Waals surface area contributed by atoms with E-state index < -0.39 is 5.82 Å². The average Bonchev–Trinajstić information content (AvgIpc) is 3.16. The molecule has 2 aromatic carbocycles. The van der Waals surface area contributed by atoms with Gasteiger partial charge < -0.3 is 14.4 Å². The molecule has 8 nitrogen and oxygen atoms in total. The zero-order valence-electron chi connectivity index (χ0n) is 23.8. The molecular weight excluding hydrogens is 533 g/mol. The van der Waals surface area contributed by atoms with Crippen LogP contribution in [0.15, 0.2) is 65.7 Å². The molecule has 0 amide bonds. The molecule has 0 radical (unpaired) electrons. The first-order valence-corrected chi connectivity index (χ1v) is 14.8. The molecule has 2 aliphatic heterocycles. The fourth-order valence-electron chi connectivity index (χ4n) is 6.42. The highest BCUT2D eigenvalue weighted by atomic mass is 19.1. The molecule has 0 unspecified atom stereocenters. The zero-order chi connectivity index (χ0) is 28.6. The molecule has 1 fully saturated rings. The standard InChI is InChI=1S/C33H34FN5O3/c1-37-27-20-35-26-18-25(34)29(23-11-12-28(36-19-23)41-16-8-15-38-13-6-3-7-14-38)32-30(26)31(27)39(33(37)40)24(21-42-32)17-22-9-4-2-5-10-22/h2,4-5,9-12,18-20,24H,3,6-8,13-17,21H2,1H3/t24-/m0/s1. The van der Waals surface area contributed by atoms with E-state index in [0.29, 0.717) is 57.7 Å². The van der Waals surface area contributed by atoms with Crippen LogP contribution in [-0.4, -0.2) is 56.9 Å². The number of likely N-dealkylation sites (tertiary alicyclic amines) is 1. The van der Waals surface area contributed by atoms with Crippen molar-refractivity contribution >= 4 is 21.9 Å². The van der Waals surface area contributed by atoms with E-state index in [1.54, 1.807) is 34.6 Å². The quantitative estimate of drug-likeness (QED) is 0.230. The third-order valence-electron chi connectivity index (χ3n) is 8.55. The molecule has 9 heteroatoms. The van der Waals surface area contributed by atoms with Crippen LogP contribution in [0.4, 0.5) is 4.39 Å². The lowest BCUT2D eigenvalue weighted by atomic mass is 10.0. The first kappa shape index (κ1) is 26.6. The Kier molecular flexibility index (Phi) is 7.11. The van der Waals surface area contributed by atoms with Crippen molar-refractivity contribution in [2.45, 2.75) is 38.1 Å². The van der Waals surface area contributed by atoms with Crippen LogP contribution in [0.1, 0.15) is 37.3 Å². The summed E-state index contributed by atoms with van der Waals surface area (Å²) in [5, 5.41) is 0.634. The molecule has 1 atom stereocenters. The van der Waals surface area contributed by atoms with E-state index in [1.165, 1.54) is 38.4 Å². The Labute approximate surface area is 243 Å². The summed E-state index contributed by atoms with van der Waals surface area (Å²) >= 11 is 0. The predicted molar refractivity (Wildman–Crippen MR) is 161 cm³/mol. The molecule has 0 bridgehead atoms. The smallest absolute Gasteiger partial charge is 0.329 e. The van der Waals surface area contributed by atoms with Gasteiger partial charge in [-0.05, 0) is 50.4 Å². The number of hydrogen-bond donors (Lipinski definition) is 0. The van der Waals surface area contributed by atoms with E-state index in [2.05, 4.69) is 14.9 Å². The molecule has 3 aromatic heterocycles. The maximum absolute atomic E-state index is 15.8. The lowest BCUT2D eigenvalue weighted by Crippen LogP contribution is -2.31. The van der Waals surface area contributed by atoms with Gasteiger partial charge in [-0.1, -0.05) is 36.8 Å². The van der Waals surface area contributed by atoms with Gasteiger partial charge in [0.2, 0.25) is 5.88 Å². The molecule has 1 saturated heterocycles. The molecule has 5 heterocycles. The highest BCUT2D eigenvalue weighted by Crippen LogP contribution is 2.44. The van der Waals surface area contributed by atoms with Crippen molar-refractivity contribution in [1.29, 1.82) is 0 Å². The number of halogens is 1. The number of benzene rings is 2. The number of pyridine rings is 2. The largest absolute Gasteiger partial charge is 0.490 e. The monoisotopic (exact) mass is 567 g/mol. The Morgan fingerprint density at radius 2 is 1.88 bits per heavy atom. The molecule has 0 aliphatic carbocycles. The number of aryl methyl sites for hydroxylation is 1. The minimum Gasteiger partial charge on any atom is -0.490 e. The summed E-state index contributed by atoms with van der Waals surface area (Å²) in [6.07, 6.45) is 8.68. The van der Waals surface area contributed by atoms with E-state index in [0.717, 1.165) is 18.5 Å². The van der Waals surface area contributed by atoms with Gasteiger partial charge in [-0.2, -0.15) is 0 Å². The van der Waals surface area contributed by atoms with Crippen LogP contribution in [0, 0.1) is 5.82 Å². The maximum atomic E-state index is 15.8. The second-order valence-electron chi connectivity index (χ2n) is 11.3. The van der Waals surface area contributed by atoms with Crippen molar-refractivity contribution < 1.29 is 13.9 Å². The fraction of sp³-hybridized carbons (Fsp3) is 0.364. The van der Waals surface area contributed by atoms with Gasteiger partial charge in [0.05, 0.1) is 46.3 Å². The van der Waals surface area contributed by atoms with Crippen LogP contribution in [-0.2, 0) is 13.5 Å². The lowest BCUT2D eigenvalue weighted by Gasteiger charge is -2.26. The third kappa shape index (κ3) is 4.81. The van der Waals surface area contributed by atoms with Gasteiger partial charge >= 0.3 is 5.69 Å². The average molecular weight is 568 g/mol. The zero-order valence-corrected chi connectivity index (χ0v) is 23.8. The number of imidazole rings is 1. The Morgan fingerprint density at radius 3 is 2.67 bits per heavy atom. The number of ether oxygens (including phenoxy) is 2. The summed E-state index contributed by atoms with van der Waals surface area (Å²) < 4.78 is 31.5. The van der Waals surface area contributed by atoms with Crippen molar-refractivity contribution in [2.75, 3.05) is 32.8 Å². The van der Waals surface area contributed by atoms with Crippen LogP contribution < -0.4 is 15.2 Å². The molecule has 2 aliphatic rings. The fourth-order valence-corrected chi connectivity index (χ4v) is 6.42. The first-order chi connectivity index (χ1) is 20.6. The Morgan fingerprint density at radius 1 is 1.05 bits per heavy atom. The summed E-state index contributed by atoms with van der Waals surface area (Å²) in [6, 6.07) is 14.7. The molecule has 216 valence electrons. The van der Waals surface area contributed by atoms with Crippen LogP contribution in [0.25, 0.3) is 33.1 Å². The van der Waals surface area contributed by atoms with Gasteiger partial charge in [0, 0.05) is 37.5 Å². The Balaban J connectivity index is 1.22. The van der Waals surface area contributed by atoms with E-state index >= 15 is 4.39 Å². The SMILES string of the molecule is Cn1c(=O)n2c3c4c(c(-c5ccc(OCCCN6CCCCC6)nc5)c(F)cc4ncc31)OC[C@@H]2Cc1ccccc1. The minimum atomic E-state index is -0.451. The van der Waals surface area contributed by atoms with E-state index in [4.69, 9.17) is 9.47 Å². The number of nitrogens with zero attached hydrogens (tertiary/aromatic N) is 5. The maximum Gasteiger partial charge on any atom is 0.329 e. The second kappa shape index (κ2) is 11.2. The van der Waals surface area contributed by atoms with Crippen LogP contribution in [0.3, 0.4) is 0 Å². The Hall–Kier alpha value is -4.24. The second-order valence-corrected chi connectivity index (χ2v) is 11.3. The van der Waals surface area contributed by atoms with Gasteiger partial charge in [0.15, 0.2) is 0 Å². The van der Waals surface area contributed by atoms with Crippen molar-refractivity contribution in [1.82, 2.24) is 24.0 Å². The third-order valence-corrected chi connectivity index (χ3v) is 8.55. The van der Waals surface area contributed by atoms with Gasteiger partial charge in [-0.25, -0.2) is 14.2 Å². The number of rotatable bonds is 8. The van der Waals surface area contributed by atoms with Crippen molar-refractivity contribution in [3.63, 3.8) is 0 Å². The molecule has 7 rings (SSSR count). The number of piperidine rings is 1. The van der Waals surface area contributed by atoms with E-state index in [1.807, 2.05) is 36.4 Å². The predicted octanol–water partition coefficient (Wildman–Crippen LogP) is 5.52. The van der Waals surface area contributed by atoms with E-state index in [-0.39, 0.29) is 18.3 Å². The van der Waals surface area contributed by atoms with Gasteiger partial charge in [-0.3, -0.25) is 14.1 Å². The summed E-state index contributed by atoms with van der Waals surface area (Å²) in [5.41, 5.74) is 3.67. The Bertz CT molecular complexity index is 1790. The summed E-state index contributed by atoms with van der Waals surface area (Å²) in [7, 11) is 1.75. The summed E-state index contributed by atoms with van der Waals surface area (Å²) in [5.74, 6) is 0.442. The van der Waals surface area contributed by atoms with Crippen molar-refractivity contribution in [2.24, 2.45) is 7.05 Å². The topological polar surface area (TPSA) is 74.4 Å². The number of hydrogen-bond acceptors (Lipinski definition) is 6. The van der Waals surface area contributed by atoms with Gasteiger partial charge in [-0.15, -0.1) is 0 Å². The molecule has 0 spiro atoms. The molecule has 42 heavy (non-hydrogen) atoms. The van der Waals surface area contributed by atoms with Crippen LogP contribution >= 0.6 is 0 Å². The molecular formula is C33H34FN5O3. The molecule has 5 aromatic rings. The summed E-state index contributed by atoms with van der Waals surface area (Å²) in [4.78, 5) is 25.0. The molecule has 0 saturated carbocycles. The first-order valence-electron chi connectivity index (χ1n) is 14.8. The van der Waals surface area contributed by atoms with Crippen LogP contribution in [0.5, 0.6) is 11.6 Å². The summed E-state index contributed by atoms with van der Waals surface area (Å²) in [6.45, 7) is 4.16. The lowest BCUT2D eigenvalue weighted by molar-refractivity contribution is 0.203. The van der Waals surface area contributed by atoms with E-state index in [9.17, 15) is 4.79 Å². The molecule has 0 N–H and O–H groups in total.